The van der Waals surface area contributed by atoms with Crippen molar-refractivity contribution < 1.29 is 14.1 Å². The number of hydrogen-bond acceptors (Lipinski definition) is 7. The van der Waals surface area contributed by atoms with E-state index in [0.29, 0.717) is 35.2 Å². The van der Waals surface area contributed by atoms with Gasteiger partial charge in [0.15, 0.2) is 5.82 Å². The fourth-order valence-electron chi connectivity index (χ4n) is 4.07. The number of carbonyl (C=O) groups excluding carboxylic acids is 2. The standard InChI is InChI=1S/C24H28N6O3/c1-16-12-21(29-33-16)28-22(31)15-30-11-7-6-10-20(30)23-19(14-25-17(2)27-23)24(32)26-13-18-8-4-3-5-9-18/h3-5,8-9,12,14,20H,6-7,10-11,13,15H2,1-2H3,(H,26,32)(H,28,29,31). The van der Waals surface area contributed by atoms with Crippen LogP contribution in [0, 0.1) is 13.8 Å². The van der Waals surface area contributed by atoms with Crippen LogP contribution < -0.4 is 10.6 Å². The summed E-state index contributed by atoms with van der Waals surface area (Å²) in [5, 5.41) is 9.56. The van der Waals surface area contributed by atoms with Gasteiger partial charge in [-0.25, -0.2) is 9.97 Å². The number of hydrogen-bond donors (Lipinski definition) is 2. The minimum atomic E-state index is -0.220. The minimum absolute atomic E-state index is 0.150. The van der Waals surface area contributed by atoms with Gasteiger partial charge in [0.1, 0.15) is 11.6 Å². The molecule has 1 fully saturated rings. The molecular weight excluding hydrogens is 420 g/mol. The van der Waals surface area contributed by atoms with Crippen molar-refractivity contribution in [3.63, 3.8) is 0 Å². The summed E-state index contributed by atoms with van der Waals surface area (Å²) in [6.45, 7) is 4.91. The van der Waals surface area contributed by atoms with Gasteiger partial charge < -0.3 is 15.2 Å². The quantitative estimate of drug-likeness (QED) is 0.571. The highest BCUT2D eigenvalue weighted by molar-refractivity contribution is 5.95. The molecule has 9 nitrogen and oxygen atoms in total. The van der Waals surface area contributed by atoms with E-state index >= 15 is 0 Å². The summed E-state index contributed by atoms with van der Waals surface area (Å²) in [6, 6.07) is 11.3. The molecule has 2 aromatic heterocycles. The highest BCUT2D eigenvalue weighted by Crippen LogP contribution is 2.31. The van der Waals surface area contributed by atoms with Crippen LogP contribution in [0.5, 0.6) is 0 Å². The minimum Gasteiger partial charge on any atom is -0.360 e. The molecule has 0 bridgehead atoms. The molecule has 3 aromatic rings. The van der Waals surface area contributed by atoms with Gasteiger partial charge in [0.25, 0.3) is 5.91 Å². The normalized spacial score (nSPS) is 16.4. The second-order valence-electron chi connectivity index (χ2n) is 8.24. The number of amides is 2. The van der Waals surface area contributed by atoms with Crippen LogP contribution in [0.4, 0.5) is 5.82 Å². The Bertz CT molecular complexity index is 1110. The predicted molar refractivity (Wildman–Crippen MR) is 122 cm³/mol. The average Bonchev–Trinajstić information content (AvgIpc) is 3.22. The lowest BCUT2D eigenvalue weighted by Crippen LogP contribution is -2.40. The third-order valence-corrected chi connectivity index (χ3v) is 5.65. The Morgan fingerprint density at radius 1 is 1.18 bits per heavy atom. The zero-order valence-electron chi connectivity index (χ0n) is 18.9. The smallest absolute Gasteiger partial charge is 0.255 e. The van der Waals surface area contributed by atoms with Gasteiger partial charge in [0, 0.05) is 18.8 Å². The third kappa shape index (κ3) is 5.81. The predicted octanol–water partition coefficient (Wildman–Crippen LogP) is 3.18. The van der Waals surface area contributed by atoms with Crippen molar-refractivity contribution >= 4 is 17.6 Å². The summed E-state index contributed by atoms with van der Waals surface area (Å²) in [6.07, 6.45) is 4.38. The van der Waals surface area contributed by atoms with E-state index in [9.17, 15) is 9.59 Å². The van der Waals surface area contributed by atoms with Gasteiger partial charge in [-0.15, -0.1) is 0 Å². The van der Waals surface area contributed by atoms with Crippen molar-refractivity contribution in [3.05, 3.63) is 71.0 Å². The molecule has 1 aliphatic heterocycles. The van der Waals surface area contributed by atoms with Gasteiger partial charge in [-0.3, -0.25) is 14.5 Å². The van der Waals surface area contributed by atoms with E-state index < -0.39 is 0 Å². The number of nitrogens with one attached hydrogen (secondary N) is 2. The zero-order chi connectivity index (χ0) is 23.2. The Labute approximate surface area is 192 Å². The fraction of sp³-hybridized carbons (Fsp3) is 0.375. The Morgan fingerprint density at radius 3 is 2.76 bits per heavy atom. The van der Waals surface area contributed by atoms with E-state index in [4.69, 9.17) is 4.52 Å². The number of anilines is 1. The summed E-state index contributed by atoms with van der Waals surface area (Å²) < 4.78 is 5.02. The largest absolute Gasteiger partial charge is 0.360 e. The highest BCUT2D eigenvalue weighted by Gasteiger charge is 2.30. The van der Waals surface area contributed by atoms with Crippen LogP contribution in [0.2, 0.25) is 0 Å². The molecule has 2 N–H and O–H groups in total. The molecule has 4 rings (SSSR count). The first kappa shape index (κ1) is 22.6. The van der Waals surface area contributed by atoms with E-state index in [1.54, 1.807) is 19.2 Å². The van der Waals surface area contributed by atoms with Gasteiger partial charge in [0.2, 0.25) is 5.91 Å². The van der Waals surface area contributed by atoms with Crippen LogP contribution >= 0.6 is 0 Å². The maximum absolute atomic E-state index is 13.1. The number of likely N-dealkylation sites (tertiary alicyclic amines) is 1. The lowest BCUT2D eigenvalue weighted by molar-refractivity contribution is -0.118. The molecule has 0 spiro atoms. The maximum Gasteiger partial charge on any atom is 0.255 e. The molecule has 2 amide bonds. The topological polar surface area (TPSA) is 113 Å². The molecule has 1 aromatic carbocycles. The van der Waals surface area contributed by atoms with Crippen LogP contribution in [0.3, 0.4) is 0 Å². The first-order valence-electron chi connectivity index (χ1n) is 11.1. The first-order valence-corrected chi connectivity index (χ1v) is 11.1. The Morgan fingerprint density at radius 2 is 2.00 bits per heavy atom. The second kappa shape index (κ2) is 10.4. The van der Waals surface area contributed by atoms with E-state index in [0.717, 1.165) is 31.4 Å². The molecule has 0 aliphatic carbocycles. The van der Waals surface area contributed by atoms with E-state index in [2.05, 4.69) is 30.7 Å². The van der Waals surface area contributed by atoms with Crippen LogP contribution in [0.1, 0.15) is 58.5 Å². The van der Waals surface area contributed by atoms with Crippen molar-refractivity contribution in [3.8, 4) is 0 Å². The molecular formula is C24H28N6O3. The summed E-state index contributed by atoms with van der Waals surface area (Å²) in [7, 11) is 0. The summed E-state index contributed by atoms with van der Waals surface area (Å²) >= 11 is 0. The Kier molecular flexibility index (Phi) is 7.09. The Hall–Kier alpha value is -3.59. The molecule has 0 saturated carbocycles. The molecule has 1 unspecified atom stereocenters. The van der Waals surface area contributed by atoms with Crippen LogP contribution in [-0.4, -0.2) is 44.9 Å². The first-order chi connectivity index (χ1) is 16.0. The number of nitrogens with zero attached hydrogens (tertiary/aromatic N) is 4. The average molecular weight is 449 g/mol. The number of benzene rings is 1. The zero-order valence-corrected chi connectivity index (χ0v) is 18.9. The maximum atomic E-state index is 13.1. The summed E-state index contributed by atoms with van der Waals surface area (Å²) in [5.41, 5.74) is 2.12. The van der Waals surface area contributed by atoms with Crippen molar-refractivity contribution in [2.24, 2.45) is 0 Å². The van der Waals surface area contributed by atoms with Gasteiger partial charge in [-0.1, -0.05) is 41.9 Å². The molecule has 1 saturated heterocycles. The third-order valence-electron chi connectivity index (χ3n) is 5.65. The molecule has 9 heteroatoms. The molecule has 1 aliphatic rings. The van der Waals surface area contributed by atoms with Crippen LogP contribution in [0.15, 0.2) is 47.1 Å². The lowest BCUT2D eigenvalue weighted by atomic mass is 9.96. The van der Waals surface area contributed by atoms with Crippen molar-refractivity contribution in [2.45, 2.75) is 45.7 Å². The Balaban J connectivity index is 1.50. The van der Waals surface area contributed by atoms with E-state index in [-0.39, 0.29) is 24.4 Å². The summed E-state index contributed by atoms with van der Waals surface area (Å²) in [4.78, 5) is 36.7. The number of piperidine rings is 1. The number of aromatic nitrogens is 3. The molecule has 1 atom stereocenters. The fourth-order valence-corrected chi connectivity index (χ4v) is 4.07. The molecule has 172 valence electrons. The van der Waals surface area contributed by atoms with Crippen molar-refractivity contribution in [1.82, 2.24) is 25.3 Å². The van der Waals surface area contributed by atoms with Crippen LogP contribution in [0.25, 0.3) is 0 Å². The summed E-state index contributed by atoms with van der Waals surface area (Å²) in [5.74, 6) is 1.21. The molecule has 0 radical (unpaired) electrons. The van der Waals surface area contributed by atoms with Crippen molar-refractivity contribution in [1.29, 1.82) is 0 Å². The van der Waals surface area contributed by atoms with Crippen LogP contribution in [-0.2, 0) is 11.3 Å². The van der Waals surface area contributed by atoms with Gasteiger partial charge in [-0.2, -0.15) is 0 Å². The number of rotatable bonds is 7. The SMILES string of the molecule is Cc1ncc(C(=O)NCc2ccccc2)c(C2CCCCN2CC(=O)Nc2cc(C)on2)n1. The highest BCUT2D eigenvalue weighted by atomic mass is 16.5. The number of carbonyl (C=O) groups is 2. The van der Waals surface area contributed by atoms with Gasteiger partial charge >= 0.3 is 0 Å². The number of aryl methyl sites for hydroxylation is 2. The monoisotopic (exact) mass is 448 g/mol. The van der Waals surface area contributed by atoms with Gasteiger partial charge in [0.05, 0.1) is 23.8 Å². The second-order valence-corrected chi connectivity index (χ2v) is 8.24. The molecule has 33 heavy (non-hydrogen) atoms. The van der Waals surface area contributed by atoms with Crippen molar-refractivity contribution in [2.75, 3.05) is 18.4 Å². The van der Waals surface area contributed by atoms with Gasteiger partial charge in [-0.05, 0) is 38.8 Å². The van der Waals surface area contributed by atoms with E-state index in [1.165, 1.54) is 0 Å². The van der Waals surface area contributed by atoms with E-state index in [1.807, 2.05) is 37.3 Å². The molecule has 3 heterocycles. The lowest BCUT2D eigenvalue weighted by Gasteiger charge is -2.35.